The van der Waals surface area contributed by atoms with Gasteiger partial charge in [-0.3, -0.25) is 4.90 Å². The highest BCUT2D eigenvalue weighted by molar-refractivity contribution is 8.01. The highest BCUT2D eigenvalue weighted by atomic mass is 32.2. The summed E-state index contributed by atoms with van der Waals surface area (Å²) in [6, 6.07) is 0. The lowest BCUT2D eigenvalue weighted by Gasteiger charge is -2.25. The van der Waals surface area contributed by atoms with Crippen LogP contribution in [0, 0.1) is 0 Å². The highest BCUT2D eigenvalue weighted by Crippen LogP contribution is 2.42. The van der Waals surface area contributed by atoms with E-state index < -0.39 is 0 Å². The van der Waals surface area contributed by atoms with Gasteiger partial charge in [-0.2, -0.15) is 0 Å². The Morgan fingerprint density at radius 2 is 1.66 bits per heavy atom. The summed E-state index contributed by atoms with van der Waals surface area (Å²) in [5.74, 6) is 0.901. The molecule has 8 nitrogen and oxygen atoms in total. The number of fused-ring (bicyclic) bond motifs is 3. The van der Waals surface area contributed by atoms with Gasteiger partial charge in [-0.15, -0.1) is 21.5 Å². The molecule has 0 bridgehead atoms. The van der Waals surface area contributed by atoms with Gasteiger partial charge in [-0.25, -0.2) is 9.97 Å². The van der Waals surface area contributed by atoms with E-state index in [1.807, 2.05) is 11.3 Å². The Bertz CT molecular complexity index is 1090. The summed E-state index contributed by atoms with van der Waals surface area (Å²) in [6.07, 6.45) is 4.82. The van der Waals surface area contributed by atoms with E-state index >= 15 is 0 Å². The van der Waals surface area contributed by atoms with Crippen molar-refractivity contribution < 1.29 is 9.47 Å². The van der Waals surface area contributed by atoms with Crippen molar-refractivity contribution in [2.45, 2.75) is 41.6 Å². The molecule has 0 amide bonds. The normalized spacial score (nSPS) is 20.1. The lowest BCUT2D eigenvalue weighted by Crippen LogP contribution is -2.36. The summed E-state index contributed by atoms with van der Waals surface area (Å²) < 4.78 is 11.9. The van der Waals surface area contributed by atoms with Gasteiger partial charge < -0.3 is 14.4 Å². The van der Waals surface area contributed by atoms with Gasteiger partial charge in [0.2, 0.25) is 5.13 Å². The molecule has 2 aliphatic heterocycles. The van der Waals surface area contributed by atoms with E-state index in [-0.39, 0.29) is 0 Å². The maximum Gasteiger partial charge on any atom is 0.209 e. The first-order valence-corrected chi connectivity index (χ1v) is 13.7. The Balaban J connectivity index is 1.33. The Labute approximate surface area is 199 Å². The fourth-order valence-electron chi connectivity index (χ4n) is 4.48. The predicted molar refractivity (Wildman–Crippen MR) is 127 cm³/mol. The minimum Gasteiger partial charge on any atom is -0.379 e. The molecule has 6 rings (SSSR count). The van der Waals surface area contributed by atoms with E-state index in [1.165, 1.54) is 35.1 Å². The van der Waals surface area contributed by atoms with Gasteiger partial charge >= 0.3 is 0 Å². The number of nitrogens with zero attached hydrogens (tertiary/aromatic N) is 6. The third-order valence-electron chi connectivity index (χ3n) is 6.16. The lowest BCUT2D eigenvalue weighted by atomic mass is 9.97. The van der Waals surface area contributed by atoms with Crippen molar-refractivity contribution in [3.63, 3.8) is 0 Å². The van der Waals surface area contributed by atoms with E-state index in [0.717, 1.165) is 90.7 Å². The Morgan fingerprint density at radius 3 is 2.50 bits per heavy atom. The molecule has 0 aromatic carbocycles. The standard InChI is InChI=1S/C21H26N6O2S3/c1-2-4-15-14(3-1)17-18(30-15)22-16(13-26-5-9-28-10-6-26)23-19(17)31-21-25-24-20(32-21)27-7-11-29-12-8-27/h1-13H2. The summed E-state index contributed by atoms with van der Waals surface area (Å²) in [4.78, 5) is 17.4. The summed E-state index contributed by atoms with van der Waals surface area (Å²) in [7, 11) is 0. The van der Waals surface area contributed by atoms with E-state index in [2.05, 4.69) is 20.0 Å². The largest absolute Gasteiger partial charge is 0.379 e. The van der Waals surface area contributed by atoms with Crippen LogP contribution in [0.4, 0.5) is 5.13 Å². The van der Waals surface area contributed by atoms with Crippen molar-refractivity contribution in [3.05, 3.63) is 16.3 Å². The van der Waals surface area contributed by atoms with Gasteiger partial charge in [0.25, 0.3) is 0 Å². The number of aryl methyl sites for hydroxylation is 2. The van der Waals surface area contributed by atoms with E-state index in [1.54, 1.807) is 23.1 Å². The van der Waals surface area contributed by atoms with Crippen LogP contribution >= 0.6 is 34.4 Å². The van der Waals surface area contributed by atoms with Crippen LogP contribution in [0.2, 0.25) is 0 Å². The number of anilines is 1. The molecular formula is C21H26N6O2S3. The number of thiophene rings is 1. The third-order valence-corrected chi connectivity index (χ3v) is 9.37. The maximum atomic E-state index is 5.51. The molecule has 2 fully saturated rings. The molecule has 0 saturated carbocycles. The molecule has 3 aromatic heterocycles. The predicted octanol–water partition coefficient (Wildman–Crippen LogP) is 3.24. The second-order valence-corrected chi connectivity index (χ2v) is 11.6. The summed E-state index contributed by atoms with van der Waals surface area (Å²) in [6.45, 7) is 7.45. The van der Waals surface area contributed by atoms with Crippen LogP contribution in [0.5, 0.6) is 0 Å². The molecule has 170 valence electrons. The first-order chi connectivity index (χ1) is 15.8. The average Bonchev–Trinajstić information content (AvgIpc) is 3.45. The molecule has 0 spiro atoms. The van der Waals surface area contributed by atoms with Crippen LogP contribution in [0.1, 0.15) is 29.1 Å². The molecule has 0 N–H and O–H groups in total. The first-order valence-electron chi connectivity index (χ1n) is 11.3. The molecule has 32 heavy (non-hydrogen) atoms. The number of hydrogen-bond acceptors (Lipinski definition) is 11. The second kappa shape index (κ2) is 9.47. The van der Waals surface area contributed by atoms with Crippen LogP contribution < -0.4 is 4.90 Å². The van der Waals surface area contributed by atoms with Crippen LogP contribution in [0.3, 0.4) is 0 Å². The van der Waals surface area contributed by atoms with Crippen molar-refractivity contribution in [1.82, 2.24) is 25.1 Å². The molecule has 0 radical (unpaired) electrons. The summed E-state index contributed by atoms with van der Waals surface area (Å²) in [5, 5.41) is 12.2. The fourth-order valence-corrected chi connectivity index (χ4v) is 7.80. The van der Waals surface area contributed by atoms with Gasteiger partial charge in [0.1, 0.15) is 15.7 Å². The van der Waals surface area contributed by atoms with Gasteiger partial charge in [0.05, 0.1) is 33.0 Å². The molecule has 0 unspecified atom stereocenters. The molecule has 2 saturated heterocycles. The molecule has 5 heterocycles. The number of rotatable bonds is 5. The van der Waals surface area contributed by atoms with Gasteiger partial charge in [-0.1, -0.05) is 11.3 Å². The minimum absolute atomic E-state index is 0.751. The summed E-state index contributed by atoms with van der Waals surface area (Å²) in [5.41, 5.74) is 1.47. The third kappa shape index (κ3) is 4.38. The topological polar surface area (TPSA) is 76.5 Å². The van der Waals surface area contributed by atoms with Crippen LogP contribution in [-0.2, 0) is 28.9 Å². The average molecular weight is 491 g/mol. The summed E-state index contributed by atoms with van der Waals surface area (Å²) >= 11 is 5.17. The molecule has 0 atom stereocenters. The zero-order valence-corrected chi connectivity index (χ0v) is 20.4. The van der Waals surface area contributed by atoms with Crippen LogP contribution in [0.15, 0.2) is 9.37 Å². The van der Waals surface area contributed by atoms with Crippen molar-refractivity contribution in [3.8, 4) is 0 Å². The highest BCUT2D eigenvalue weighted by Gasteiger charge is 2.24. The van der Waals surface area contributed by atoms with Gasteiger partial charge in [0.15, 0.2) is 4.34 Å². The second-order valence-electron chi connectivity index (χ2n) is 8.28. The Hall–Kier alpha value is -1.37. The Morgan fingerprint density at radius 1 is 0.875 bits per heavy atom. The first kappa shape index (κ1) is 21.2. The number of ether oxygens (including phenoxy) is 2. The quantitative estimate of drug-likeness (QED) is 0.501. The van der Waals surface area contributed by atoms with Gasteiger partial charge in [-0.05, 0) is 43.0 Å². The number of hydrogen-bond donors (Lipinski definition) is 0. The van der Waals surface area contributed by atoms with Crippen molar-refractivity contribution >= 4 is 49.8 Å². The fraction of sp³-hybridized carbons (Fsp3) is 0.619. The molecule has 11 heteroatoms. The maximum absolute atomic E-state index is 5.51. The van der Waals surface area contributed by atoms with E-state index in [4.69, 9.17) is 19.4 Å². The lowest BCUT2D eigenvalue weighted by molar-refractivity contribution is 0.0330. The number of aromatic nitrogens is 4. The molecular weight excluding hydrogens is 464 g/mol. The van der Waals surface area contributed by atoms with Crippen LogP contribution in [0.25, 0.3) is 10.2 Å². The van der Waals surface area contributed by atoms with Crippen molar-refractivity contribution in [1.29, 1.82) is 0 Å². The minimum atomic E-state index is 0.751. The smallest absolute Gasteiger partial charge is 0.209 e. The van der Waals surface area contributed by atoms with E-state index in [9.17, 15) is 0 Å². The molecule has 3 aromatic rings. The van der Waals surface area contributed by atoms with Crippen molar-refractivity contribution in [2.24, 2.45) is 0 Å². The van der Waals surface area contributed by atoms with Gasteiger partial charge in [0, 0.05) is 36.4 Å². The Kier molecular flexibility index (Phi) is 6.27. The number of morpholine rings is 2. The molecule has 3 aliphatic rings. The van der Waals surface area contributed by atoms with Crippen LogP contribution in [-0.4, -0.2) is 77.7 Å². The zero-order chi connectivity index (χ0) is 21.3. The SMILES string of the molecule is C1CCc2c(sc3nc(CN4CCOCC4)nc(Sc4nnc(N5CCOCC5)s4)c23)C1. The van der Waals surface area contributed by atoms with E-state index in [0.29, 0.717) is 0 Å². The molecule has 1 aliphatic carbocycles. The van der Waals surface area contributed by atoms with Crippen molar-refractivity contribution in [2.75, 3.05) is 57.5 Å². The monoisotopic (exact) mass is 490 g/mol. The zero-order valence-electron chi connectivity index (χ0n) is 17.9.